The van der Waals surface area contributed by atoms with Crippen LogP contribution in [0.4, 0.5) is 0 Å². The van der Waals surface area contributed by atoms with E-state index in [4.69, 9.17) is 5.26 Å². The van der Waals surface area contributed by atoms with Gasteiger partial charge in [0.05, 0.1) is 17.1 Å². The molecule has 1 saturated carbocycles. The van der Waals surface area contributed by atoms with E-state index >= 15 is 0 Å². The Balaban J connectivity index is 2.80. The molecule has 0 aliphatic heterocycles. The molecule has 1 atom stereocenters. The lowest BCUT2D eigenvalue weighted by Crippen LogP contribution is -2.47. The largest absolute Gasteiger partial charge is 0.388 e. The van der Waals surface area contributed by atoms with Crippen molar-refractivity contribution in [2.45, 2.75) is 58.5 Å². The van der Waals surface area contributed by atoms with Gasteiger partial charge in [0.1, 0.15) is 0 Å². The van der Waals surface area contributed by atoms with Crippen molar-refractivity contribution in [3.8, 4) is 6.07 Å². The summed E-state index contributed by atoms with van der Waals surface area (Å²) in [5.74, 6) is 0.704. The first kappa shape index (κ1) is 11.5. The lowest BCUT2D eigenvalue weighted by Gasteiger charge is -2.44. The van der Waals surface area contributed by atoms with Crippen molar-refractivity contribution in [2.75, 3.05) is 0 Å². The van der Waals surface area contributed by atoms with Crippen LogP contribution in [0.15, 0.2) is 0 Å². The van der Waals surface area contributed by atoms with E-state index in [2.05, 4.69) is 13.0 Å². The summed E-state index contributed by atoms with van der Waals surface area (Å²) in [6, 6.07) is 2.30. The van der Waals surface area contributed by atoms with Gasteiger partial charge in [-0.3, -0.25) is 0 Å². The molecule has 0 bridgehead atoms. The van der Waals surface area contributed by atoms with Crippen LogP contribution in [0.3, 0.4) is 0 Å². The molecule has 0 aromatic rings. The van der Waals surface area contributed by atoms with Crippen LogP contribution in [0, 0.1) is 22.7 Å². The van der Waals surface area contributed by atoms with Crippen LogP contribution in [0.25, 0.3) is 0 Å². The second-order valence-corrected chi connectivity index (χ2v) is 5.01. The fourth-order valence-corrected chi connectivity index (χ4v) is 2.30. The summed E-state index contributed by atoms with van der Waals surface area (Å²) in [7, 11) is 0. The quantitative estimate of drug-likeness (QED) is 0.736. The van der Waals surface area contributed by atoms with Gasteiger partial charge in [-0.2, -0.15) is 5.26 Å². The van der Waals surface area contributed by atoms with Crippen molar-refractivity contribution < 1.29 is 5.11 Å². The first-order valence-corrected chi connectivity index (χ1v) is 5.61. The summed E-state index contributed by atoms with van der Waals surface area (Å²) in [5, 5.41) is 19.6. The van der Waals surface area contributed by atoms with Gasteiger partial charge in [-0.1, -0.05) is 13.8 Å². The Bertz CT molecular complexity index is 235. The smallest absolute Gasteiger partial charge is 0.0830 e. The van der Waals surface area contributed by atoms with Crippen LogP contribution < -0.4 is 0 Å². The molecule has 1 aliphatic rings. The van der Waals surface area contributed by atoms with E-state index in [0.29, 0.717) is 5.92 Å². The molecule has 2 heteroatoms. The average Bonchev–Trinajstić information content (AvgIpc) is 2.21. The summed E-state index contributed by atoms with van der Waals surface area (Å²) >= 11 is 0. The molecule has 14 heavy (non-hydrogen) atoms. The van der Waals surface area contributed by atoms with Crippen molar-refractivity contribution in [2.24, 2.45) is 11.3 Å². The van der Waals surface area contributed by atoms with Crippen LogP contribution in [0.1, 0.15) is 52.9 Å². The minimum atomic E-state index is -0.747. The fraction of sp³-hybridized carbons (Fsp3) is 0.917. The number of nitrogens with zero attached hydrogens (tertiary/aromatic N) is 1. The Labute approximate surface area is 86.9 Å². The van der Waals surface area contributed by atoms with Crippen LogP contribution in [0.2, 0.25) is 0 Å². The lowest BCUT2D eigenvalue weighted by atomic mass is 9.64. The van der Waals surface area contributed by atoms with E-state index in [0.717, 1.165) is 32.1 Å². The van der Waals surface area contributed by atoms with E-state index in [1.54, 1.807) is 0 Å². The third-order valence-corrected chi connectivity index (χ3v) is 4.08. The van der Waals surface area contributed by atoms with Crippen molar-refractivity contribution in [3.63, 3.8) is 0 Å². The molecule has 80 valence electrons. The monoisotopic (exact) mass is 195 g/mol. The minimum absolute atomic E-state index is 0.562. The topological polar surface area (TPSA) is 44.0 Å². The molecule has 1 aliphatic carbocycles. The SMILES string of the molecule is CCC(C)(C#N)C1(O)CCC(C)CC1. The highest BCUT2D eigenvalue weighted by molar-refractivity contribution is 5.09. The van der Waals surface area contributed by atoms with E-state index in [9.17, 15) is 5.11 Å². The summed E-state index contributed by atoms with van der Waals surface area (Å²) in [6.45, 7) is 6.09. The lowest BCUT2D eigenvalue weighted by molar-refractivity contribution is -0.0840. The number of nitriles is 1. The molecule has 1 fully saturated rings. The standard InChI is InChI=1S/C12H21NO/c1-4-11(3,9-13)12(14)7-5-10(2)6-8-12/h10,14H,4-8H2,1-3H3. The van der Waals surface area contributed by atoms with Gasteiger partial charge >= 0.3 is 0 Å². The summed E-state index contributed by atoms with van der Waals surface area (Å²) < 4.78 is 0. The molecule has 0 radical (unpaired) electrons. The van der Waals surface area contributed by atoms with E-state index in [1.807, 2.05) is 13.8 Å². The molecule has 0 saturated heterocycles. The maximum absolute atomic E-state index is 10.5. The number of rotatable bonds is 2. The van der Waals surface area contributed by atoms with Gasteiger partial charge < -0.3 is 5.11 Å². The highest BCUT2D eigenvalue weighted by Crippen LogP contribution is 2.45. The average molecular weight is 195 g/mol. The van der Waals surface area contributed by atoms with Gasteiger partial charge in [-0.05, 0) is 44.9 Å². The minimum Gasteiger partial charge on any atom is -0.388 e. The predicted molar refractivity (Wildman–Crippen MR) is 56.6 cm³/mol. The zero-order valence-corrected chi connectivity index (χ0v) is 9.51. The van der Waals surface area contributed by atoms with E-state index in [-0.39, 0.29) is 0 Å². The van der Waals surface area contributed by atoms with Crippen LogP contribution >= 0.6 is 0 Å². The molecule has 1 N–H and O–H groups in total. The fourth-order valence-electron chi connectivity index (χ4n) is 2.30. The zero-order valence-electron chi connectivity index (χ0n) is 9.51. The molecule has 1 rings (SSSR count). The summed E-state index contributed by atoms with van der Waals surface area (Å²) in [4.78, 5) is 0. The molecular weight excluding hydrogens is 174 g/mol. The molecule has 0 amide bonds. The van der Waals surface area contributed by atoms with E-state index < -0.39 is 11.0 Å². The molecule has 0 aromatic carbocycles. The first-order valence-electron chi connectivity index (χ1n) is 5.61. The highest BCUT2D eigenvalue weighted by Gasteiger charge is 2.47. The van der Waals surface area contributed by atoms with Crippen molar-refractivity contribution in [1.29, 1.82) is 5.26 Å². The van der Waals surface area contributed by atoms with Gasteiger partial charge in [0.25, 0.3) is 0 Å². The molecule has 0 spiro atoms. The zero-order chi connectivity index (χ0) is 10.8. The highest BCUT2D eigenvalue weighted by atomic mass is 16.3. The second-order valence-electron chi connectivity index (χ2n) is 5.01. The van der Waals surface area contributed by atoms with Gasteiger partial charge in [-0.15, -0.1) is 0 Å². The number of hydrogen-bond donors (Lipinski definition) is 1. The second kappa shape index (κ2) is 3.90. The van der Waals surface area contributed by atoms with Gasteiger partial charge in [0.15, 0.2) is 0 Å². The molecule has 1 unspecified atom stereocenters. The maximum atomic E-state index is 10.5. The Morgan fingerprint density at radius 2 is 2.00 bits per heavy atom. The third kappa shape index (κ3) is 1.79. The van der Waals surface area contributed by atoms with E-state index in [1.165, 1.54) is 0 Å². The number of aliphatic hydroxyl groups is 1. The Hall–Kier alpha value is -0.550. The Morgan fingerprint density at radius 3 is 2.36 bits per heavy atom. The van der Waals surface area contributed by atoms with Crippen molar-refractivity contribution in [1.82, 2.24) is 0 Å². The molecule has 2 nitrogen and oxygen atoms in total. The first-order chi connectivity index (χ1) is 6.47. The van der Waals surface area contributed by atoms with Gasteiger partial charge in [-0.25, -0.2) is 0 Å². The van der Waals surface area contributed by atoms with Crippen molar-refractivity contribution in [3.05, 3.63) is 0 Å². The number of hydrogen-bond acceptors (Lipinski definition) is 2. The Kier molecular flexibility index (Phi) is 3.21. The molecule has 0 aromatic heterocycles. The van der Waals surface area contributed by atoms with Crippen LogP contribution in [-0.2, 0) is 0 Å². The van der Waals surface area contributed by atoms with Gasteiger partial charge in [0.2, 0.25) is 0 Å². The van der Waals surface area contributed by atoms with Crippen LogP contribution in [-0.4, -0.2) is 10.7 Å². The normalized spacial score (nSPS) is 37.2. The van der Waals surface area contributed by atoms with Crippen molar-refractivity contribution >= 4 is 0 Å². The third-order valence-electron chi connectivity index (χ3n) is 4.08. The summed E-state index contributed by atoms with van der Waals surface area (Å²) in [6.07, 6.45) is 4.40. The maximum Gasteiger partial charge on any atom is 0.0830 e. The predicted octanol–water partition coefficient (Wildman–Crippen LogP) is 2.87. The molecular formula is C12H21NO. The van der Waals surface area contributed by atoms with Gasteiger partial charge in [0, 0.05) is 0 Å². The molecule has 0 heterocycles. The Morgan fingerprint density at radius 1 is 1.50 bits per heavy atom. The summed E-state index contributed by atoms with van der Waals surface area (Å²) in [5.41, 5.74) is -1.31. The van der Waals surface area contributed by atoms with Crippen LogP contribution in [0.5, 0.6) is 0 Å².